The van der Waals surface area contributed by atoms with Crippen LogP contribution in [0.2, 0.25) is 0 Å². The molecule has 0 unspecified atom stereocenters. The summed E-state index contributed by atoms with van der Waals surface area (Å²) in [7, 11) is 0. The van der Waals surface area contributed by atoms with Gasteiger partial charge in [0.05, 0.1) is 0 Å². The first-order valence-electron chi connectivity index (χ1n) is 13.2. The molecule has 0 aliphatic carbocycles. The quantitative estimate of drug-likeness (QED) is 0.216. The molecule has 0 atom stereocenters. The van der Waals surface area contributed by atoms with E-state index in [9.17, 15) is 0 Å². The number of aliphatic hydroxyl groups is 2. The van der Waals surface area contributed by atoms with E-state index in [0.29, 0.717) is 13.2 Å². The van der Waals surface area contributed by atoms with E-state index in [1.54, 1.807) is 0 Å². The standard InChI is InChI=1S/C30H46O2S/c1-25-23-29(19-17-27(25)15-11-7-3-5-9-13-21-31)33-30-20-18-28(26(2)24-30)16-12-8-4-6-10-14-22-32/h17-20,23-24,31-32H,3-16,21-22H2,1-2H3. The van der Waals surface area contributed by atoms with E-state index in [-0.39, 0.29) is 0 Å². The average molecular weight is 471 g/mol. The van der Waals surface area contributed by atoms with Crippen molar-refractivity contribution in [1.29, 1.82) is 0 Å². The van der Waals surface area contributed by atoms with Crippen LogP contribution in [0.4, 0.5) is 0 Å². The third-order valence-corrected chi connectivity index (χ3v) is 7.55. The number of rotatable bonds is 18. The minimum atomic E-state index is 0.334. The van der Waals surface area contributed by atoms with E-state index in [2.05, 4.69) is 50.2 Å². The zero-order valence-electron chi connectivity index (χ0n) is 21.1. The summed E-state index contributed by atoms with van der Waals surface area (Å²) in [6, 6.07) is 13.9. The number of aliphatic hydroxyl groups excluding tert-OH is 2. The van der Waals surface area contributed by atoms with E-state index in [4.69, 9.17) is 10.2 Å². The van der Waals surface area contributed by atoms with Gasteiger partial charge in [-0.15, -0.1) is 0 Å². The van der Waals surface area contributed by atoms with Crippen LogP contribution in [0.1, 0.15) is 99.3 Å². The van der Waals surface area contributed by atoms with Crippen molar-refractivity contribution in [3.63, 3.8) is 0 Å². The maximum atomic E-state index is 8.85. The Labute approximate surface area is 207 Å². The van der Waals surface area contributed by atoms with Crippen molar-refractivity contribution in [1.82, 2.24) is 0 Å². The Bertz CT molecular complexity index is 721. The van der Waals surface area contributed by atoms with Gasteiger partial charge >= 0.3 is 0 Å². The van der Waals surface area contributed by atoms with Gasteiger partial charge in [-0.25, -0.2) is 0 Å². The third-order valence-electron chi connectivity index (χ3n) is 6.57. The molecule has 0 aromatic heterocycles. The summed E-state index contributed by atoms with van der Waals surface area (Å²) in [4.78, 5) is 2.66. The SMILES string of the molecule is Cc1cc(Sc2ccc(CCCCCCCCO)c(C)c2)ccc1CCCCCCCCO. The lowest BCUT2D eigenvalue weighted by molar-refractivity contribution is 0.282. The van der Waals surface area contributed by atoms with Gasteiger partial charge in [0.15, 0.2) is 0 Å². The molecule has 2 aromatic rings. The van der Waals surface area contributed by atoms with Crippen molar-refractivity contribution >= 4 is 11.8 Å². The predicted octanol–water partition coefficient (Wildman–Crippen LogP) is 8.21. The van der Waals surface area contributed by atoms with Crippen LogP contribution >= 0.6 is 11.8 Å². The fourth-order valence-corrected chi connectivity index (χ4v) is 5.45. The molecule has 2 rings (SSSR count). The summed E-state index contributed by atoms with van der Waals surface area (Å²) >= 11 is 1.87. The fourth-order valence-electron chi connectivity index (χ4n) is 4.43. The molecule has 2 N–H and O–H groups in total. The molecule has 0 heterocycles. The van der Waals surface area contributed by atoms with Gasteiger partial charge in [-0.2, -0.15) is 0 Å². The van der Waals surface area contributed by atoms with E-state index in [0.717, 1.165) is 25.7 Å². The van der Waals surface area contributed by atoms with Gasteiger partial charge < -0.3 is 10.2 Å². The maximum absolute atomic E-state index is 8.85. The second-order valence-corrected chi connectivity index (χ2v) is 10.6. The first-order chi connectivity index (χ1) is 16.1. The molecule has 0 radical (unpaired) electrons. The Morgan fingerprint density at radius 1 is 0.515 bits per heavy atom. The van der Waals surface area contributed by atoms with E-state index in [1.807, 2.05) is 11.8 Å². The van der Waals surface area contributed by atoms with E-state index < -0.39 is 0 Å². The van der Waals surface area contributed by atoms with Gasteiger partial charge in [-0.1, -0.05) is 75.3 Å². The molecule has 0 fully saturated rings. The normalized spacial score (nSPS) is 11.3. The molecule has 2 aromatic carbocycles. The monoisotopic (exact) mass is 470 g/mol. The topological polar surface area (TPSA) is 40.5 Å². The summed E-state index contributed by atoms with van der Waals surface area (Å²) < 4.78 is 0. The minimum absolute atomic E-state index is 0.334. The molecule has 33 heavy (non-hydrogen) atoms. The molecule has 184 valence electrons. The predicted molar refractivity (Wildman–Crippen MR) is 143 cm³/mol. The third kappa shape index (κ3) is 11.6. The lowest BCUT2D eigenvalue weighted by Gasteiger charge is -2.11. The van der Waals surface area contributed by atoms with Gasteiger partial charge in [0, 0.05) is 23.0 Å². The number of aryl methyl sites for hydroxylation is 4. The van der Waals surface area contributed by atoms with Crippen molar-refractivity contribution in [2.45, 2.75) is 114 Å². The van der Waals surface area contributed by atoms with Crippen LogP contribution in [0, 0.1) is 13.8 Å². The van der Waals surface area contributed by atoms with Crippen molar-refractivity contribution in [2.75, 3.05) is 13.2 Å². The second kappa shape index (κ2) is 17.2. The van der Waals surface area contributed by atoms with Crippen LogP contribution in [-0.4, -0.2) is 23.4 Å². The summed E-state index contributed by atoms with van der Waals surface area (Å²) in [5.74, 6) is 0. The Morgan fingerprint density at radius 3 is 1.24 bits per heavy atom. The highest BCUT2D eigenvalue weighted by Crippen LogP contribution is 2.31. The van der Waals surface area contributed by atoms with Crippen LogP contribution in [0.25, 0.3) is 0 Å². The van der Waals surface area contributed by atoms with Crippen molar-refractivity contribution in [3.8, 4) is 0 Å². The molecular weight excluding hydrogens is 424 g/mol. The van der Waals surface area contributed by atoms with Gasteiger partial charge in [0.1, 0.15) is 0 Å². The van der Waals surface area contributed by atoms with E-state index in [1.165, 1.54) is 96.3 Å². The summed E-state index contributed by atoms with van der Waals surface area (Å²) in [6.07, 6.45) is 16.7. The van der Waals surface area contributed by atoms with Gasteiger partial charge in [0.2, 0.25) is 0 Å². The lowest BCUT2D eigenvalue weighted by atomic mass is 10.0. The van der Waals surface area contributed by atoms with Crippen molar-refractivity contribution in [2.24, 2.45) is 0 Å². The number of hydrogen-bond donors (Lipinski definition) is 2. The molecule has 0 bridgehead atoms. The Morgan fingerprint density at radius 2 is 0.879 bits per heavy atom. The van der Waals surface area contributed by atoms with Crippen LogP contribution < -0.4 is 0 Å². The van der Waals surface area contributed by atoms with Gasteiger partial charge in [0.25, 0.3) is 0 Å². The fraction of sp³-hybridized carbons (Fsp3) is 0.600. The van der Waals surface area contributed by atoms with E-state index >= 15 is 0 Å². The number of benzene rings is 2. The van der Waals surface area contributed by atoms with Crippen molar-refractivity contribution in [3.05, 3.63) is 58.7 Å². The molecule has 0 aliphatic heterocycles. The molecule has 2 nitrogen and oxygen atoms in total. The highest BCUT2D eigenvalue weighted by molar-refractivity contribution is 7.99. The highest BCUT2D eigenvalue weighted by atomic mass is 32.2. The average Bonchev–Trinajstić information content (AvgIpc) is 2.80. The van der Waals surface area contributed by atoms with Crippen LogP contribution in [-0.2, 0) is 12.8 Å². The molecule has 0 spiro atoms. The highest BCUT2D eigenvalue weighted by Gasteiger charge is 2.05. The van der Waals surface area contributed by atoms with Crippen LogP contribution in [0.3, 0.4) is 0 Å². The number of hydrogen-bond acceptors (Lipinski definition) is 3. The molecular formula is C30H46O2S. The number of unbranched alkanes of at least 4 members (excludes halogenated alkanes) is 10. The molecule has 0 aliphatic rings. The van der Waals surface area contributed by atoms with Crippen molar-refractivity contribution < 1.29 is 10.2 Å². The molecule has 3 heteroatoms. The smallest absolute Gasteiger partial charge is 0.0431 e. The second-order valence-electron chi connectivity index (χ2n) is 9.47. The van der Waals surface area contributed by atoms with Crippen LogP contribution in [0.5, 0.6) is 0 Å². The first kappa shape index (κ1) is 28.0. The molecule has 0 amide bonds. The maximum Gasteiger partial charge on any atom is 0.0431 e. The Hall–Kier alpha value is -1.29. The molecule has 0 saturated heterocycles. The minimum Gasteiger partial charge on any atom is -0.396 e. The lowest BCUT2D eigenvalue weighted by Crippen LogP contribution is -1.92. The summed E-state index contributed by atoms with van der Waals surface area (Å²) in [5, 5.41) is 17.7. The Kier molecular flexibility index (Phi) is 14.6. The zero-order chi connectivity index (χ0) is 23.7. The van der Waals surface area contributed by atoms with Crippen LogP contribution in [0.15, 0.2) is 46.2 Å². The zero-order valence-corrected chi connectivity index (χ0v) is 21.9. The first-order valence-corrected chi connectivity index (χ1v) is 14.0. The molecule has 0 saturated carbocycles. The van der Waals surface area contributed by atoms with Gasteiger partial charge in [-0.3, -0.25) is 0 Å². The Balaban J connectivity index is 1.74. The van der Waals surface area contributed by atoms with Gasteiger partial charge in [-0.05, 0) is 98.9 Å². The summed E-state index contributed by atoms with van der Waals surface area (Å²) in [5.41, 5.74) is 5.79. The summed E-state index contributed by atoms with van der Waals surface area (Å²) in [6.45, 7) is 5.17. The largest absolute Gasteiger partial charge is 0.396 e.